The molecule has 0 saturated heterocycles. The first kappa shape index (κ1) is 13.3. The van der Waals surface area contributed by atoms with Gasteiger partial charge in [-0.25, -0.2) is 4.39 Å². The van der Waals surface area contributed by atoms with Gasteiger partial charge in [-0.3, -0.25) is 0 Å². The zero-order valence-corrected chi connectivity index (χ0v) is 11.6. The second-order valence-corrected chi connectivity index (χ2v) is 5.75. The Morgan fingerprint density at radius 2 is 1.70 bits per heavy atom. The van der Waals surface area contributed by atoms with Crippen molar-refractivity contribution in [1.29, 1.82) is 0 Å². The molecule has 0 amide bonds. The van der Waals surface area contributed by atoms with E-state index in [-0.39, 0.29) is 11.2 Å². The first-order valence-electron chi connectivity index (χ1n) is 7.31. The van der Waals surface area contributed by atoms with Gasteiger partial charge in [0.05, 0.1) is 0 Å². The first-order chi connectivity index (χ1) is 9.75. The molecule has 1 aliphatic rings. The summed E-state index contributed by atoms with van der Waals surface area (Å²) in [4.78, 5) is 0. The van der Waals surface area contributed by atoms with Crippen LogP contribution >= 0.6 is 0 Å². The van der Waals surface area contributed by atoms with E-state index in [4.69, 9.17) is 5.73 Å². The van der Waals surface area contributed by atoms with Gasteiger partial charge in [0.15, 0.2) is 0 Å². The fourth-order valence-electron chi connectivity index (χ4n) is 3.36. The van der Waals surface area contributed by atoms with Gasteiger partial charge in [-0.15, -0.1) is 0 Å². The molecule has 3 rings (SSSR count). The lowest BCUT2D eigenvalue weighted by Crippen LogP contribution is -2.32. The first-order valence-corrected chi connectivity index (χ1v) is 7.31. The van der Waals surface area contributed by atoms with Crippen LogP contribution < -0.4 is 5.73 Å². The second kappa shape index (κ2) is 5.37. The summed E-state index contributed by atoms with van der Waals surface area (Å²) in [6.07, 6.45) is 4.66. The number of halogens is 1. The quantitative estimate of drug-likeness (QED) is 0.885. The molecular weight excluding hydrogens is 249 g/mol. The maximum absolute atomic E-state index is 14.1. The summed E-state index contributed by atoms with van der Waals surface area (Å²) in [6.45, 7) is 0.646. The number of rotatable bonds is 3. The molecule has 0 spiro atoms. The molecule has 0 atom stereocenters. The molecule has 0 radical (unpaired) electrons. The van der Waals surface area contributed by atoms with E-state index in [1.807, 2.05) is 42.5 Å². The largest absolute Gasteiger partial charge is 0.330 e. The number of nitrogens with two attached hydrogens (primary N) is 1. The highest BCUT2D eigenvalue weighted by atomic mass is 19.1. The van der Waals surface area contributed by atoms with Gasteiger partial charge in [-0.2, -0.15) is 0 Å². The second-order valence-electron chi connectivity index (χ2n) is 5.75. The monoisotopic (exact) mass is 269 g/mol. The van der Waals surface area contributed by atoms with Crippen LogP contribution in [0.1, 0.15) is 31.2 Å². The van der Waals surface area contributed by atoms with Crippen molar-refractivity contribution < 1.29 is 4.39 Å². The Morgan fingerprint density at radius 1 is 1.00 bits per heavy atom. The van der Waals surface area contributed by atoms with Crippen molar-refractivity contribution in [3.8, 4) is 11.1 Å². The molecule has 1 nitrogen and oxygen atoms in total. The van der Waals surface area contributed by atoms with E-state index in [9.17, 15) is 4.39 Å². The van der Waals surface area contributed by atoms with Crippen molar-refractivity contribution in [3.63, 3.8) is 0 Å². The highest BCUT2D eigenvalue weighted by Crippen LogP contribution is 2.41. The SMILES string of the molecule is NCC1(c2ccc(F)c(-c3ccccc3)c2)CCCC1. The molecular formula is C18H20FN. The Morgan fingerprint density at radius 3 is 2.35 bits per heavy atom. The van der Waals surface area contributed by atoms with Gasteiger partial charge in [0, 0.05) is 17.5 Å². The Labute approximate surface area is 119 Å². The molecule has 0 bridgehead atoms. The van der Waals surface area contributed by atoms with E-state index in [1.165, 1.54) is 18.4 Å². The zero-order chi connectivity index (χ0) is 14.0. The fourth-order valence-corrected chi connectivity index (χ4v) is 3.36. The lowest BCUT2D eigenvalue weighted by Gasteiger charge is -2.28. The van der Waals surface area contributed by atoms with Crippen molar-refractivity contribution in [2.24, 2.45) is 5.73 Å². The Hall–Kier alpha value is -1.67. The van der Waals surface area contributed by atoms with Gasteiger partial charge < -0.3 is 5.73 Å². The molecule has 2 N–H and O–H groups in total. The van der Waals surface area contributed by atoms with Crippen molar-refractivity contribution in [2.75, 3.05) is 6.54 Å². The summed E-state index contributed by atoms with van der Waals surface area (Å²) in [5, 5.41) is 0. The topological polar surface area (TPSA) is 26.0 Å². The predicted molar refractivity (Wildman–Crippen MR) is 81.0 cm³/mol. The van der Waals surface area contributed by atoms with Gasteiger partial charge in [0.2, 0.25) is 0 Å². The number of hydrogen-bond acceptors (Lipinski definition) is 1. The Bertz CT molecular complexity index is 586. The molecule has 2 aromatic carbocycles. The fraction of sp³-hybridized carbons (Fsp3) is 0.333. The molecule has 0 aliphatic heterocycles. The van der Waals surface area contributed by atoms with Crippen LogP contribution in [0, 0.1) is 5.82 Å². The zero-order valence-electron chi connectivity index (χ0n) is 11.6. The summed E-state index contributed by atoms with van der Waals surface area (Å²) < 4.78 is 14.1. The van der Waals surface area contributed by atoms with Gasteiger partial charge >= 0.3 is 0 Å². The minimum absolute atomic E-state index is 0.0528. The van der Waals surface area contributed by atoms with Crippen molar-refractivity contribution >= 4 is 0 Å². The van der Waals surface area contributed by atoms with Crippen molar-refractivity contribution in [1.82, 2.24) is 0 Å². The highest BCUT2D eigenvalue weighted by molar-refractivity contribution is 5.65. The van der Waals surface area contributed by atoms with Gasteiger partial charge in [0.1, 0.15) is 5.82 Å². The maximum atomic E-state index is 14.1. The maximum Gasteiger partial charge on any atom is 0.131 e. The Balaban J connectivity index is 2.07. The Kier molecular flexibility index (Phi) is 3.58. The normalized spacial score (nSPS) is 17.3. The summed E-state index contributed by atoms with van der Waals surface area (Å²) in [7, 11) is 0. The predicted octanol–water partition coefficient (Wildman–Crippen LogP) is 4.26. The summed E-state index contributed by atoms with van der Waals surface area (Å²) >= 11 is 0. The van der Waals surface area contributed by atoms with Crippen LogP contribution in [0.4, 0.5) is 4.39 Å². The molecule has 1 fully saturated rings. The van der Waals surface area contributed by atoms with Crippen LogP contribution in [0.5, 0.6) is 0 Å². The smallest absolute Gasteiger partial charge is 0.131 e. The molecule has 1 saturated carbocycles. The minimum atomic E-state index is -0.162. The van der Waals surface area contributed by atoms with Crippen LogP contribution in [0.25, 0.3) is 11.1 Å². The van der Waals surface area contributed by atoms with Crippen molar-refractivity contribution in [3.05, 3.63) is 59.9 Å². The molecule has 0 unspecified atom stereocenters. The van der Waals surface area contributed by atoms with Crippen LogP contribution in [0.2, 0.25) is 0 Å². The van der Waals surface area contributed by atoms with Gasteiger partial charge in [0.25, 0.3) is 0 Å². The van der Waals surface area contributed by atoms with Crippen LogP contribution in [-0.2, 0) is 5.41 Å². The van der Waals surface area contributed by atoms with Gasteiger partial charge in [-0.05, 0) is 36.1 Å². The van der Waals surface area contributed by atoms with E-state index in [0.29, 0.717) is 12.1 Å². The summed E-state index contributed by atoms with van der Waals surface area (Å²) in [5.41, 5.74) is 8.89. The molecule has 0 aromatic heterocycles. The van der Waals surface area contributed by atoms with E-state index in [2.05, 4.69) is 0 Å². The number of hydrogen-bond donors (Lipinski definition) is 1. The molecule has 2 heteroatoms. The van der Waals surface area contributed by atoms with E-state index in [1.54, 1.807) is 6.07 Å². The summed E-state index contributed by atoms with van der Waals surface area (Å²) in [6, 6.07) is 15.2. The standard InChI is InChI=1S/C18H20FN/c19-17-9-8-15(18(13-20)10-4-5-11-18)12-16(17)14-6-2-1-3-7-14/h1-3,6-9,12H,4-5,10-11,13,20H2. The van der Waals surface area contributed by atoms with E-state index in [0.717, 1.165) is 18.4 Å². The van der Waals surface area contributed by atoms with Crippen LogP contribution in [0.15, 0.2) is 48.5 Å². The third-order valence-corrected chi connectivity index (χ3v) is 4.61. The number of benzene rings is 2. The summed E-state index contributed by atoms with van der Waals surface area (Å²) in [5.74, 6) is -0.162. The molecule has 1 aliphatic carbocycles. The highest BCUT2D eigenvalue weighted by Gasteiger charge is 2.34. The average Bonchev–Trinajstić information content (AvgIpc) is 2.99. The minimum Gasteiger partial charge on any atom is -0.330 e. The van der Waals surface area contributed by atoms with Gasteiger partial charge in [-0.1, -0.05) is 49.2 Å². The van der Waals surface area contributed by atoms with E-state index >= 15 is 0 Å². The average molecular weight is 269 g/mol. The molecule has 0 heterocycles. The van der Waals surface area contributed by atoms with Crippen molar-refractivity contribution in [2.45, 2.75) is 31.1 Å². The lowest BCUT2D eigenvalue weighted by molar-refractivity contribution is 0.452. The lowest BCUT2D eigenvalue weighted by atomic mass is 9.78. The molecule has 104 valence electrons. The van der Waals surface area contributed by atoms with Crippen LogP contribution in [-0.4, -0.2) is 6.54 Å². The molecule has 20 heavy (non-hydrogen) atoms. The third kappa shape index (κ3) is 2.25. The molecule has 2 aromatic rings. The third-order valence-electron chi connectivity index (χ3n) is 4.61. The van der Waals surface area contributed by atoms with E-state index < -0.39 is 0 Å². The van der Waals surface area contributed by atoms with Crippen LogP contribution in [0.3, 0.4) is 0 Å².